The molecular formula is C15H24N2O2. The van der Waals surface area contributed by atoms with Crippen molar-refractivity contribution in [2.24, 2.45) is 0 Å². The van der Waals surface area contributed by atoms with Crippen LogP contribution in [0.1, 0.15) is 43.9 Å². The van der Waals surface area contributed by atoms with E-state index >= 15 is 0 Å². The highest BCUT2D eigenvalue weighted by Crippen LogP contribution is 2.23. The van der Waals surface area contributed by atoms with E-state index < -0.39 is 0 Å². The molecule has 0 radical (unpaired) electrons. The second-order valence-electron chi connectivity index (χ2n) is 5.49. The molecular weight excluding hydrogens is 240 g/mol. The Morgan fingerprint density at radius 1 is 1.37 bits per heavy atom. The van der Waals surface area contributed by atoms with Gasteiger partial charge < -0.3 is 14.7 Å². The zero-order valence-corrected chi connectivity index (χ0v) is 12.1. The second kappa shape index (κ2) is 6.35. The fourth-order valence-corrected chi connectivity index (χ4v) is 2.46. The minimum Gasteiger partial charge on any atom is -0.392 e. The summed E-state index contributed by atoms with van der Waals surface area (Å²) in [6, 6.07) is 4.00. The number of methoxy groups -OCH3 is 1. The number of piperidine rings is 1. The van der Waals surface area contributed by atoms with Crippen LogP contribution in [-0.4, -0.2) is 36.4 Å². The summed E-state index contributed by atoms with van der Waals surface area (Å²) in [6.07, 6.45) is 2.46. The summed E-state index contributed by atoms with van der Waals surface area (Å²) in [7, 11) is 1.78. The molecule has 1 saturated heterocycles. The average Bonchev–Trinajstić information content (AvgIpc) is 2.46. The van der Waals surface area contributed by atoms with Gasteiger partial charge in [-0.15, -0.1) is 0 Å². The monoisotopic (exact) mass is 264 g/mol. The summed E-state index contributed by atoms with van der Waals surface area (Å²) in [5, 5.41) is 9.38. The van der Waals surface area contributed by atoms with Gasteiger partial charge in [-0.25, -0.2) is 4.98 Å². The van der Waals surface area contributed by atoms with Crippen molar-refractivity contribution in [3.63, 3.8) is 0 Å². The Hall–Kier alpha value is -1.13. The predicted molar refractivity (Wildman–Crippen MR) is 76.5 cm³/mol. The normalized spacial score (nSPS) is 17.2. The molecule has 1 fully saturated rings. The van der Waals surface area contributed by atoms with E-state index in [2.05, 4.69) is 18.7 Å². The summed E-state index contributed by atoms with van der Waals surface area (Å²) in [5.74, 6) is 1.37. The Kier molecular flexibility index (Phi) is 4.77. The van der Waals surface area contributed by atoms with Crippen LogP contribution in [0.25, 0.3) is 0 Å². The van der Waals surface area contributed by atoms with Gasteiger partial charge in [0, 0.05) is 25.9 Å². The van der Waals surface area contributed by atoms with Gasteiger partial charge in [0.2, 0.25) is 0 Å². The third-order valence-electron chi connectivity index (χ3n) is 3.76. The zero-order chi connectivity index (χ0) is 13.8. The maximum Gasteiger partial charge on any atom is 0.129 e. The van der Waals surface area contributed by atoms with E-state index in [4.69, 9.17) is 9.72 Å². The lowest BCUT2D eigenvalue weighted by Gasteiger charge is -2.32. The number of ether oxygens (including phenoxy) is 1. The van der Waals surface area contributed by atoms with Crippen LogP contribution in [0, 0.1) is 0 Å². The third-order valence-corrected chi connectivity index (χ3v) is 3.76. The van der Waals surface area contributed by atoms with Crippen molar-refractivity contribution >= 4 is 5.82 Å². The van der Waals surface area contributed by atoms with Crippen LogP contribution in [0.5, 0.6) is 0 Å². The molecule has 0 bridgehead atoms. The quantitative estimate of drug-likeness (QED) is 0.906. The lowest BCUT2D eigenvalue weighted by Crippen LogP contribution is -2.37. The standard InChI is InChI=1S/C15H24N2O2/c1-11(2)14-8-12(10-18)9-15(16-14)17-6-4-13(19-3)5-7-17/h8-9,11,13,18H,4-7,10H2,1-3H3. The Bertz CT molecular complexity index is 413. The van der Waals surface area contributed by atoms with Gasteiger partial charge in [-0.2, -0.15) is 0 Å². The number of hydrogen-bond acceptors (Lipinski definition) is 4. The molecule has 19 heavy (non-hydrogen) atoms. The number of aromatic nitrogens is 1. The van der Waals surface area contributed by atoms with Crippen molar-refractivity contribution in [3.8, 4) is 0 Å². The number of hydrogen-bond donors (Lipinski definition) is 1. The minimum atomic E-state index is 0.0732. The van der Waals surface area contributed by atoms with Gasteiger partial charge in [-0.05, 0) is 36.5 Å². The van der Waals surface area contributed by atoms with E-state index in [1.54, 1.807) is 7.11 Å². The highest BCUT2D eigenvalue weighted by Gasteiger charge is 2.20. The molecule has 4 nitrogen and oxygen atoms in total. The van der Waals surface area contributed by atoms with Gasteiger partial charge >= 0.3 is 0 Å². The molecule has 4 heteroatoms. The minimum absolute atomic E-state index is 0.0732. The zero-order valence-electron chi connectivity index (χ0n) is 12.1. The smallest absolute Gasteiger partial charge is 0.129 e. The summed E-state index contributed by atoms with van der Waals surface area (Å²) in [4.78, 5) is 7.02. The fraction of sp³-hybridized carbons (Fsp3) is 0.667. The van der Waals surface area contributed by atoms with E-state index in [0.29, 0.717) is 12.0 Å². The molecule has 1 aliphatic heterocycles. The van der Waals surface area contributed by atoms with Crippen molar-refractivity contribution in [1.82, 2.24) is 4.98 Å². The molecule has 0 amide bonds. The molecule has 0 aliphatic carbocycles. The lowest BCUT2D eigenvalue weighted by molar-refractivity contribution is 0.0818. The molecule has 2 heterocycles. The number of aliphatic hydroxyl groups excluding tert-OH is 1. The largest absolute Gasteiger partial charge is 0.392 e. The van der Waals surface area contributed by atoms with Crippen LogP contribution in [-0.2, 0) is 11.3 Å². The third kappa shape index (κ3) is 3.45. The molecule has 0 spiro atoms. The summed E-state index contributed by atoms with van der Waals surface area (Å²) in [6.45, 7) is 6.27. The first-order chi connectivity index (χ1) is 9.13. The van der Waals surface area contributed by atoms with Crippen molar-refractivity contribution in [2.45, 2.75) is 45.3 Å². The van der Waals surface area contributed by atoms with Gasteiger partial charge in [0.15, 0.2) is 0 Å². The van der Waals surface area contributed by atoms with Gasteiger partial charge in [0.05, 0.1) is 12.7 Å². The molecule has 1 aromatic heterocycles. The van der Waals surface area contributed by atoms with E-state index in [-0.39, 0.29) is 6.61 Å². The SMILES string of the molecule is COC1CCN(c2cc(CO)cc(C(C)C)n2)CC1. The Balaban J connectivity index is 2.17. The van der Waals surface area contributed by atoms with E-state index in [1.165, 1.54) is 0 Å². The predicted octanol–water partition coefficient (Wildman–Crippen LogP) is 2.31. The Morgan fingerprint density at radius 3 is 2.58 bits per heavy atom. The fourth-order valence-electron chi connectivity index (χ4n) is 2.46. The molecule has 0 aromatic carbocycles. The molecule has 1 N–H and O–H groups in total. The van der Waals surface area contributed by atoms with Gasteiger partial charge in [0.25, 0.3) is 0 Å². The van der Waals surface area contributed by atoms with Crippen LogP contribution >= 0.6 is 0 Å². The van der Waals surface area contributed by atoms with Crippen LogP contribution < -0.4 is 4.90 Å². The van der Waals surface area contributed by atoms with E-state index in [1.807, 2.05) is 12.1 Å². The number of nitrogens with zero attached hydrogens (tertiary/aromatic N) is 2. The van der Waals surface area contributed by atoms with Crippen molar-refractivity contribution in [1.29, 1.82) is 0 Å². The number of pyridine rings is 1. The lowest BCUT2D eigenvalue weighted by atomic mass is 10.1. The molecule has 2 rings (SSSR count). The summed E-state index contributed by atoms with van der Waals surface area (Å²) in [5.41, 5.74) is 2.00. The maximum atomic E-state index is 9.38. The highest BCUT2D eigenvalue weighted by atomic mass is 16.5. The maximum absolute atomic E-state index is 9.38. The summed E-state index contributed by atoms with van der Waals surface area (Å²) >= 11 is 0. The first kappa shape index (κ1) is 14.3. The first-order valence-electron chi connectivity index (χ1n) is 7.03. The number of aliphatic hydroxyl groups is 1. The second-order valence-corrected chi connectivity index (χ2v) is 5.49. The Morgan fingerprint density at radius 2 is 2.05 bits per heavy atom. The van der Waals surface area contributed by atoms with Crippen LogP contribution in [0.3, 0.4) is 0 Å². The molecule has 1 aliphatic rings. The van der Waals surface area contributed by atoms with Crippen LogP contribution in [0.15, 0.2) is 12.1 Å². The Labute approximate surface area is 115 Å². The van der Waals surface area contributed by atoms with Gasteiger partial charge in [-0.1, -0.05) is 13.8 Å². The molecule has 0 unspecified atom stereocenters. The molecule has 1 aromatic rings. The molecule has 0 saturated carbocycles. The summed E-state index contributed by atoms with van der Waals surface area (Å²) < 4.78 is 5.40. The molecule has 106 valence electrons. The van der Waals surface area contributed by atoms with Gasteiger partial charge in [0.1, 0.15) is 5.82 Å². The average molecular weight is 264 g/mol. The van der Waals surface area contributed by atoms with Crippen molar-refractivity contribution < 1.29 is 9.84 Å². The van der Waals surface area contributed by atoms with E-state index in [9.17, 15) is 5.11 Å². The van der Waals surface area contributed by atoms with Crippen LogP contribution in [0.4, 0.5) is 5.82 Å². The number of anilines is 1. The van der Waals surface area contributed by atoms with Crippen molar-refractivity contribution in [2.75, 3.05) is 25.1 Å². The first-order valence-corrected chi connectivity index (χ1v) is 7.03. The van der Waals surface area contributed by atoms with Crippen LogP contribution in [0.2, 0.25) is 0 Å². The highest BCUT2D eigenvalue weighted by molar-refractivity contribution is 5.43. The van der Waals surface area contributed by atoms with E-state index in [0.717, 1.165) is 43.0 Å². The van der Waals surface area contributed by atoms with Crippen molar-refractivity contribution in [3.05, 3.63) is 23.4 Å². The molecule has 0 atom stereocenters. The number of rotatable bonds is 4. The topological polar surface area (TPSA) is 45.6 Å². The van der Waals surface area contributed by atoms with Gasteiger partial charge in [-0.3, -0.25) is 0 Å².